The van der Waals surface area contributed by atoms with Crippen molar-refractivity contribution in [1.82, 2.24) is 9.71 Å². The van der Waals surface area contributed by atoms with Crippen LogP contribution in [0.2, 0.25) is 0 Å². The van der Waals surface area contributed by atoms with Crippen molar-refractivity contribution in [1.29, 1.82) is 0 Å². The van der Waals surface area contributed by atoms with Gasteiger partial charge < -0.3 is 0 Å². The third kappa shape index (κ3) is 7.50. The second-order valence-electron chi connectivity index (χ2n) is 4.69. The molecule has 19 heavy (non-hydrogen) atoms. The molecule has 0 bridgehead atoms. The van der Waals surface area contributed by atoms with E-state index < -0.39 is 10.0 Å². The molecule has 1 aromatic rings. The van der Waals surface area contributed by atoms with Gasteiger partial charge in [-0.25, -0.2) is 13.1 Å². The fourth-order valence-corrected chi connectivity index (χ4v) is 2.84. The Labute approximate surface area is 120 Å². The number of hydrogen-bond donors (Lipinski definition) is 1. The molecule has 1 aromatic heterocycles. The highest BCUT2D eigenvalue weighted by Gasteiger charge is 2.10. The predicted octanol–water partition coefficient (Wildman–Crippen LogP) is 2.20. The number of nitrogens with zero attached hydrogens (tertiary/aromatic N) is 1. The van der Waals surface area contributed by atoms with Crippen LogP contribution in [-0.4, -0.2) is 31.6 Å². The lowest BCUT2D eigenvalue weighted by molar-refractivity contribution is 0.543. The Morgan fingerprint density at radius 3 is 2.84 bits per heavy atom. The van der Waals surface area contributed by atoms with E-state index in [1.807, 2.05) is 18.2 Å². The van der Waals surface area contributed by atoms with Crippen LogP contribution in [0.4, 0.5) is 0 Å². The van der Waals surface area contributed by atoms with E-state index in [4.69, 9.17) is 11.6 Å². The summed E-state index contributed by atoms with van der Waals surface area (Å²) in [5.74, 6) is 1.13. The van der Waals surface area contributed by atoms with Crippen molar-refractivity contribution in [3.05, 3.63) is 30.1 Å². The van der Waals surface area contributed by atoms with Gasteiger partial charge in [0.1, 0.15) is 0 Å². The second kappa shape index (κ2) is 8.51. The van der Waals surface area contributed by atoms with Crippen molar-refractivity contribution in [3.8, 4) is 0 Å². The topological polar surface area (TPSA) is 59.1 Å². The molecule has 108 valence electrons. The lowest BCUT2D eigenvalue weighted by Crippen LogP contribution is -2.28. The van der Waals surface area contributed by atoms with Gasteiger partial charge in [-0.05, 0) is 30.9 Å². The van der Waals surface area contributed by atoms with Gasteiger partial charge in [-0.15, -0.1) is 11.6 Å². The van der Waals surface area contributed by atoms with Crippen LogP contribution in [-0.2, 0) is 16.4 Å². The molecule has 1 N–H and O–H groups in total. The van der Waals surface area contributed by atoms with Gasteiger partial charge in [-0.3, -0.25) is 4.98 Å². The van der Waals surface area contributed by atoms with E-state index in [1.54, 1.807) is 6.20 Å². The normalized spacial score (nSPS) is 13.4. The van der Waals surface area contributed by atoms with Crippen molar-refractivity contribution in [2.75, 3.05) is 18.2 Å². The standard InChI is InChI=1S/C13H21ClN2O2S/c1-12(11-14)5-4-9-16-19(17,18)10-7-13-6-2-3-8-15-13/h2-3,6,8,12,16H,4-5,7,9-11H2,1H3. The highest BCUT2D eigenvalue weighted by Crippen LogP contribution is 2.06. The summed E-state index contributed by atoms with van der Waals surface area (Å²) in [6.07, 6.45) is 3.86. The molecule has 1 unspecified atom stereocenters. The van der Waals surface area contributed by atoms with Gasteiger partial charge in [0.15, 0.2) is 0 Å². The quantitative estimate of drug-likeness (QED) is 0.562. The Balaban J connectivity index is 2.25. The number of aryl methyl sites for hydroxylation is 1. The van der Waals surface area contributed by atoms with Crippen molar-refractivity contribution >= 4 is 21.6 Å². The molecular weight excluding hydrogens is 284 g/mol. The van der Waals surface area contributed by atoms with Gasteiger partial charge >= 0.3 is 0 Å². The average Bonchev–Trinajstić information content (AvgIpc) is 2.42. The largest absolute Gasteiger partial charge is 0.261 e. The summed E-state index contributed by atoms with van der Waals surface area (Å²) in [4.78, 5) is 4.11. The Bertz CT molecular complexity index is 451. The third-order valence-electron chi connectivity index (χ3n) is 2.81. The summed E-state index contributed by atoms with van der Waals surface area (Å²) in [5, 5.41) is 0. The zero-order valence-electron chi connectivity index (χ0n) is 11.2. The number of alkyl halides is 1. The molecule has 0 saturated heterocycles. The SMILES string of the molecule is CC(CCl)CCCNS(=O)(=O)CCc1ccccn1. The molecule has 0 aliphatic rings. The van der Waals surface area contributed by atoms with Crippen molar-refractivity contribution in [3.63, 3.8) is 0 Å². The van der Waals surface area contributed by atoms with Crippen LogP contribution in [0.1, 0.15) is 25.5 Å². The van der Waals surface area contributed by atoms with Crippen molar-refractivity contribution in [2.24, 2.45) is 5.92 Å². The van der Waals surface area contributed by atoms with Gasteiger partial charge in [-0.2, -0.15) is 0 Å². The zero-order valence-corrected chi connectivity index (χ0v) is 12.8. The smallest absolute Gasteiger partial charge is 0.211 e. The molecule has 0 spiro atoms. The van der Waals surface area contributed by atoms with Crippen LogP contribution < -0.4 is 4.72 Å². The molecule has 4 nitrogen and oxygen atoms in total. The van der Waals surface area contributed by atoms with Crippen molar-refractivity contribution < 1.29 is 8.42 Å². The summed E-state index contributed by atoms with van der Waals surface area (Å²) in [6.45, 7) is 2.54. The van der Waals surface area contributed by atoms with E-state index >= 15 is 0 Å². The molecule has 0 aromatic carbocycles. The summed E-state index contributed by atoms with van der Waals surface area (Å²) in [5.41, 5.74) is 0.795. The maximum atomic E-state index is 11.8. The lowest BCUT2D eigenvalue weighted by Gasteiger charge is -2.08. The van der Waals surface area contributed by atoms with E-state index in [0.717, 1.165) is 18.5 Å². The second-order valence-corrected chi connectivity index (χ2v) is 6.92. The monoisotopic (exact) mass is 304 g/mol. The number of rotatable bonds is 9. The lowest BCUT2D eigenvalue weighted by atomic mass is 10.1. The molecule has 6 heteroatoms. The average molecular weight is 305 g/mol. The van der Waals surface area contributed by atoms with Crippen LogP contribution in [0.25, 0.3) is 0 Å². The molecule has 0 amide bonds. The van der Waals surface area contributed by atoms with Gasteiger partial charge in [-0.1, -0.05) is 13.0 Å². The van der Waals surface area contributed by atoms with E-state index in [0.29, 0.717) is 24.8 Å². The highest BCUT2D eigenvalue weighted by atomic mass is 35.5. The van der Waals surface area contributed by atoms with Crippen LogP contribution in [0, 0.1) is 5.92 Å². The van der Waals surface area contributed by atoms with Crippen LogP contribution in [0.3, 0.4) is 0 Å². The first kappa shape index (κ1) is 16.4. The Morgan fingerprint density at radius 2 is 2.21 bits per heavy atom. The fraction of sp³-hybridized carbons (Fsp3) is 0.615. The number of sulfonamides is 1. The number of halogens is 1. The molecular formula is C13H21ClN2O2S. The molecule has 1 heterocycles. The van der Waals surface area contributed by atoms with E-state index in [2.05, 4.69) is 16.6 Å². The molecule has 0 fully saturated rings. The maximum Gasteiger partial charge on any atom is 0.211 e. The fourth-order valence-electron chi connectivity index (χ4n) is 1.61. The first-order chi connectivity index (χ1) is 9.03. The molecule has 0 aliphatic heterocycles. The number of hydrogen-bond acceptors (Lipinski definition) is 3. The van der Waals surface area contributed by atoms with Crippen LogP contribution in [0.15, 0.2) is 24.4 Å². The summed E-state index contributed by atoms with van der Waals surface area (Å²) in [7, 11) is -3.21. The molecule has 1 atom stereocenters. The van der Waals surface area contributed by atoms with E-state index in [1.165, 1.54) is 0 Å². The zero-order chi connectivity index (χ0) is 14.1. The van der Waals surface area contributed by atoms with Crippen molar-refractivity contribution in [2.45, 2.75) is 26.2 Å². The van der Waals surface area contributed by atoms with Gasteiger partial charge in [0.2, 0.25) is 10.0 Å². The number of nitrogens with one attached hydrogen (secondary N) is 1. The molecule has 0 saturated carbocycles. The van der Waals surface area contributed by atoms with Gasteiger partial charge in [0.05, 0.1) is 5.75 Å². The Kier molecular flexibility index (Phi) is 7.34. The van der Waals surface area contributed by atoms with Gasteiger partial charge in [0.25, 0.3) is 0 Å². The third-order valence-corrected chi connectivity index (χ3v) is 4.72. The first-order valence-corrected chi connectivity index (χ1v) is 8.65. The van der Waals surface area contributed by atoms with Gasteiger partial charge in [0, 0.05) is 30.7 Å². The van der Waals surface area contributed by atoms with Crippen LogP contribution >= 0.6 is 11.6 Å². The van der Waals surface area contributed by atoms with E-state index in [-0.39, 0.29) is 5.75 Å². The van der Waals surface area contributed by atoms with Crippen LogP contribution in [0.5, 0.6) is 0 Å². The molecule has 0 aliphatic carbocycles. The number of pyridine rings is 1. The first-order valence-electron chi connectivity index (χ1n) is 6.46. The summed E-state index contributed by atoms with van der Waals surface area (Å²) >= 11 is 5.69. The minimum atomic E-state index is -3.21. The maximum absolute atomic E-state index is 11.8. The minimum Gasteiger partial charge on any atom is -0.261 e. The highest BCUT2D eigenvalue weighted by molar-refractivity contribution is 7.89. The molecule has 1 rings (SSSR count). The minimum absolute atomic E-state index is 0.0784. The summed E-state index contributed by atoms with van der Waals surface area (Å²) < 4.78 is 26.1. The van der Waals surface area contributed by atoms with E-state index in [9.17, 15) is 8.42 Å². The Morgan fingerprint density at radius 1 is 1.42 bits per heavy atom. The number of aromatic nitrogens is 1. The summed E-state index contributed by atoms with van der Waals surface area (Å²) in [6, 6.07) is 5.50. The predicted molar refractivity (Wildman–Crippen MR) is 78.8 cm³/mol. The molecule has 0 radical (unpaired) electrons. The Hall–Kier alpha value is -0.650.